The van der Waals surface area contributed by atoms with E-state index in [4.69, 9.17) is 0 Å². The van der Waals surface area contributed by atoms with Crippen LogP contribution in [-0.2, 0) is 0 Å². The van der Waals surface area contributed by atoms with Gasteiger partial charge >= 0.3 is 0 Å². The zero-order valence-corrected chi connectivity index (χ0v) is 16.8. The van der Waals surface area contributed by atoms with Crippen LogP contribution in [0.2, 0.25) is 18.1 Å². The van der Waals surface area contributed by atoms with E-state index in [-0.39, 0.29) is 5.56 Å². The Bertz CT molecular complexity index is 716. The number of rotatable bonds is 9. The quantitative estimate of drug-likeness (QED) is 0.354. The van der Waals surface area contributed by atoms with Gasteiger partial charge in [-0.2, -0.15) is 0 Å². The molecular weight excluding hydrogens is 351 g/mol. The van der Waals surface area contributed by atoms with Crippen molar-refractivity contribution in [2.75, 3.05) is 4.98 Å². The minimum atomic E-state index is -1.78. The fraction of sp³-hybridized carbons (Fsp3) is 0.429. The van der Waals surface area contributed by atoms with Crippen molar-refractivity contribution in [3.63, 3.8) is 0 Å². The van der Waals surface area contributed by atoms with Crippen LogP contribution in [0.3, 0.4) is 0 Å². The van der Waals surface area contributed by atoms with Gasteiger partial charge < -0.3 is 4.98 Å². The molecule has 0 bridgehead atoms. The lowest BCUT2D eigenvalue weighted by molar-refractivity contribution is 0.449. The molecule has 2 rings (SSSR count). The second-order valence-electron chi connectivity index (χ2n) is 6.92. The first-order valence-electron chi connectivity index (χ1n) is 9.49. The number of para-hydroxylation sites is 1. The Morgan fingerprint density at radius 1 is 0.731 bits per heavy atom. The van der Waals surface area contributed by atoms with Crippen LogP contribution in [-0.4, -0.2) is 8.24 Å². The van der Waals surface area contributed by atoms with Gasteiger partial charge in [0.15, 0.2) is 25.7 Å². The first-order valence-corrected chi connectivity index (χ1v) is 12.1. The average Bonchev–Trinajstić information content (AvgIpc) is 2.61. The molecule has 0 fully saturated rings. The van der Waals surface area contributed by atoms with E-state index >= 15 is 0 Å². The summed E-state index contributed by atoms with van der Waals surface area (Å²) >= 11 is 0. The summed E-state index contributed by atoms with van der Waals surface area (Å²) in [7, 11) is -1.78. The van der Waals surface area contributed by atoms with Crippen molar-refractivity contribution in [3.8, 4) is 11.1 Å². The summed E-state index contributed by atoms with van der Waals surface area (Å²) in [5.74, 6) is -3.71. The van der Waals surface area contributed by atoms with Gasteiger partial charge in [0, 0.05) is 16.8 Å². The van der Waals surface area contributed by atoms with Crippen molar-refractivity contribution in [1.29, 1.82) is 0 Å². The third-order valence-electron chi connectivity index (χ3n) is 4.84. The summed E-state index contributed by atoms with van der Waals surface area (Å²) in [4.78, 5) is 3.78. The maximum Gasteiger partial charge on any atom is 0.195 e. The van der Waals surface area contributed by atoms with Crippen molar-refractivity contribution in [2.24, 2.45) is 0 Å². The highest BCUT2D eigenvalue weighted by Crippen LogP contribution is 2.35. The summed E-state index contributed by atoms with van der Waals surface area (Å²) in [5, 5.41) is 0. The van der Waals surface area contributed by atoms with E-state index in [0.717, 1.165) is 49.1 Å². The van der Waals surface area contributed by atoms with E-state index in [1.165, 1.54) is 6.07 Å². The Labute approximate surface area is 155 Å². The average molecular weight is 380 g/mol. The molecule has 0 aliphatic carbocycles. The van der Waals surface area contributed by atoms with Crippen molar-refractivity contribution in [1.82, 2.24) is 0 Å². The highest BCUT2D eigenvalue weighted by Gasteiger charge is 2.31. The molecule has 0 saturated carbocycles. The van der Waals surface area contributed by atoms with Crippen LogP contribution >= 0.6 is 0 Å². The van der Waals surface area contributed by atoms with Gasteiger partial charge in [0.05, 0.1) is 0 Å². The molecule has 0 aliphatic heterocycles. The molecule has 0 aliphatic rings. The Balaban J connectivity index is 2.50. The predicted octanol–water partition coefficient (Wildman–Crippen LogP) is 7.36. The number of hydrogen-bond donors (Lipinski definition) is 1. The summed E-state index contributed by atoms with van der Waals surface area (Å²) in [6.45, 7) is 6.57. The SMILES string of the molecule is CCC[Si](CCC)(CCC)Nc1ccccc1-c1ccc(F)c(F)c1F. The highest BCUT2D eigenvalue weighted by atomic mass is 28.3. The lowest BCUT2D eigenvalue weighted by Gasteiger charge is -2.34. The molecule has 1 N–H and O–H groups in total. The normalized spacial score (nSPS) is 11.6. The van der Waals surface area contributed by atoms with Crippen LogP contribution in [0.25, 0.3) is 11.1 Å². The summed E-state index contributed by atoms with van der Waals surface area (Å²) < 4.78 is 41.4. The van der Waals surface area contributed by atoms with E-state index in [9.17, 15) is 13.2 Å². The zero-order chi connectivity index (χ0) is 19.2. The standard InChI is InChI=1S/C21H28F3NSi/c1-4-13-26(14-5-2,15-6-3)25-19-10-8-7-9-16(19)17-11-12-18(22)21(24)20(17)23/h7-12,25H,4-6,13-15H2,1-3H3. The molecule has 0 aromatic heterocycles. The lowest BCUT2D eigenvalue weighted by Crippen LogP contribution is -2.43. The topological polar surface area (TPSA) is 12.0 Å². The fourth-order valence-electron chi connectivity index (χ4n) is 3.84. The van der Waals surface area contributed by atoms with Crippen molar-refractivity contribution < 1.29 is 13.2 Å². The predicted molar refractivity (Wildman–Crippen MR) is 106 cm³/mol. The van der Waals surface area contributed by atoms with Gasteiger partial charge in [0.25, 0.3) is 0 Å². The summed E-state index contributed by atoms with van der Waals surface area (Å²) in [6, 6.07) is 13.1. The molecule has 5 heteroatoms. The summed E-state index contributed by atoms with van der Waals surface area (Å²) in [6.07, 6.45) is 3.29. The van der Waals surface area contributed by atoms with Gasteiger partial charge in [-0.15, -0.1) is 0 Å². The first kappa shape index (κ1) is 20.6. The Morgan fingerprint density at radius 3 is 1.88 bits per heavy atom. The number of halogens is 3. The van der Waals surface area contributed by atoms with E-state index in [0.29, 0.717) is 5.56 Å². The first-order chi connectivity index (χ1) is 12.5. The van der Waals surface area contributed by atoms with Gasteiger partial charge in [0.2, 0.25) is 0 Å². The molecule has 1 nitrogen and oxygen atoms in total. The van der Waals surface area contributed by atoms with Crippen LogP contribution in [0.1, 0.15) is 40.0 Å². The maximum absolute atomic E-state index is 14.4. The van der Waals surface area contributed by atoms with E-state index in [1.807, 2.05) is 12.1 Å². The van der Waals surface area contributed by atoms with Crippen molar-refractivity contribution in [2.45, 2.75) is 58.2 Å². The number of nitrogens with one attached hydrogen (secondary N) is 1. The monoisotopic (exact) mass is 379 g/mol. The van der Waals surface area contributed by atoms with Gasteiger partial charge in [-0.05, 0) is 36.3 Å². The van der Waals surface area contributed by atoms with Crippen LogP contribution in [0.5, 0.6) is 0 Å². The van der Waals surface area contributed by atoms with E-state index in [1.54, 1.807) is 12.1 Å². The van der Waals surface area contributed by atoms with Gasteiger partial charge in [0.1, 0.15) is 0 Å². The molecule has 0 spiro atoms. The minimum Gasteiger partial charge on any atom is -0.410 e. The van der Waals surface area contributed by atoms with Crippen molar-refractivity contribution in [3.05, 3.63) is 53.8 Å². The largest absolute Gasteiger partial charge is 0.410 e. The molecule has 2 aromatic rings. The second kappa shape index (κ2) is 9.26. The fourth-order valence-corrected chi connectivity index (χ4v) is 8.63. The number of benzene rings is 2. The van der Waals surface area contributed by atoms with Crippen LogP contribution in [0.15, 0.2) is 36.4 Å². The molecule has 0 saturated heterocycles. The number of hydrogen-bond acceptors (Lipinski definition) is 1. The molecule has 0 heterocycles. The Hall–Kier alpha value is -1.75. The summed E-state index contributed by atoms with van der Waals surface area (Å²) in [5.41, 5.74) is 1.50. The molecule has 2 aromatic carbocycles. The third-order valence-corrected chi connectivity index (χ3v) is 10.0. The van der Waals surface area contributed by atoms with Crippen molar-refractivity contribution >= 4 is 13.9 Å². The lowest BCUT2D eigenvalue weighted by atomic mass is 10.0. The smallest absolute Gasteiger partial charge is 0.195 e. The molecule has 0 amide bonds. The van der Waals surface area contributed by atoms with Gasteiger partial charge in [-0.3, -0.25) is 0 Å². The highest BCUT2D eigenvalue weighted by molar-refractivity contribution is 6.82. The number of anilines is 1. The van der Waals surface area contributed by atoms with E-state index < -0.39 is 25.7 Å². The van der Waals surface area contributed by atoms with Crippen LogP contribution in [0, 0.1) is 17.5 Å². The molecular formula is C21H28F3NSi. The van der Waals surface area contributed by atoms with Crippen LogP contribution < -0.4 is 4.98 Å². The Kier molecular flexibility index (Phi) is 7.32. The zero-order valence-electron chi connectivity index (χ0n) is 15.8. The van der Waals surface area contributed by atoms with Gasteiger partial charge in [-0.25, -0.2) is 13.2 Å². The molecule has 142 valence electrons. The molecule has 0 atom stereocenters. The minimum absolute atomic E-state index is 0.0967. The maximum atomic E-state index is 14.4. The molecule has 0 radical (unpaired) electrons. The molecule has 26 heavy (non-hydrogen) atoms. The van der Waals surface area contributed by atoms with Gasteiger partial charge in [-0.1, -0.05) is 58.2 Å². The molecule has 0 unspecified atom stereocenters. The van der Waals surface area contributed by atoms with E-state index in [2.05, 4.69) is 25.8 Å². The Morgan fingerprint density at radius 2 is 1.31 bits per heavy atom. The van der Waals surface area contributed by atoms with Crippen LogP contribution in [0.4, 0.5) is 18.9 Å². The second-order valence-corrected chi connectivity index (χ2v) is 11.2. The third kappa shape index (κ3) is 4.50.